The summed E-state index contributed by atoms with van der Waals surface area (Å²) in [6.45, 7) is -0.761. The summed E-state index contributed by atoms with van der Waals surface area (Å²) in [6, 6.07) is 12.5. The predicted molar refractivity (Wildman–Crippen MR) is 132 cm³/mol. The van der Waals surface area contributed by atoms with Crippen LogP contribution >= 0.6 is 0 Å². The summed E-state index contributed by atoms with van der Waals surface area (Å²) in [5.74, 6) is -2.38. The van der Waals surface area contributed by atoms with Crippen molar-refractivity contribution in [1.29, 1.82) is 0 Å². The Bertz CT molecular complexity index is 1470. The van der Waals surface area contributed by atoms with Crippen LogP contribution in [-0.2, 0) is 4.79 Å². The van der Waals surface area contributed by atoms with Gasteiger partial charge in [-0.05, 0) is 24.3 Å². The number of nitro benzene ring substituents is 3. The molecule has 0 saturated carbocycles. The molecule has 0 unspecified atom stereocenters. The lowest BCUT2D eigenvalue weighted by Gasteiger charge is -2.10. The zero-order valence-electron chi connectivity index (χ0n) is 19.8. The van der Waals surface area contributed by atoms with Crippen molar-refractivity contribution in [3.05, 3.63) is 102 Å². The first-order valence-corrected chi connectivity index (χ1v) is 10.6. The minimum absolute atomic E-state index is 0.0635. The summed E-state index contributed by atoms with van der Waals surface area (Å²) in [5.41, 5.74) is 0.897. The Balaban J connectivity index is 1.66. The molecule has 1 N–H and O–H groups in total. The van der Waals surface area contributed by atoms with E-state index in [1.807, 2.05) is 0 Å². The van der Waals surface area contributed by atoms with Gasteiger partial charge in [-0.1, -0.05) is 12.1 Å². The van der Waals surface area contributed by atoms with Gasteiger partial charge >= 0.3 is 11.7 Å². The van der Waals surface area contributed by atoms with Crippen molar-refractivity contribution < 1.29 is 38.6 Å². The fraction of sp³-hybridized carbons (Fsp3) is 0.0870. The molecule has 200 valence electrons. The van der Waals surface area contributed by atoms with Crippen LogP contribution in [0.15, 0.2) is 65.8 Å². The van der Waals surface area contributed by atoms with Crippen LogP contribution in [0, 0.1) is 30.3 Å². The van der Waals surface area contributed by atoms with Crippen molar-refractivity contribution in [3.63, 3.8) is 0 Å². The lowest BCUT2D eigenvalue weighted by molar-refractivity contribution is -0.394. The van der Waals surface area contributed by atoms with Crippen molar-refractivity contribution in [2.75, 3.05) is 13.7 Å². The van der Waals surface area contributed by atoms with E-state index in [2.05, 4.69) is 10.5 Å². The number of carbonyl (C=O) groups is 2. The molecule has 0 heterocycles. The third kappa shape index (κ3) is 7.06. The largest absolute Gasteiger partial charge is 0.492 e. The van der Waals surface area contributed by atoms with Crippen LogP contribution in [0.3, 0.4) is 0 Å². The van der Waals surface area contributed by atoms with Gasteiger partial charge in [-0.2, -0.15) is 5.10 Å². The second-order valence-corrected chi connectivity index (χ2v) is 7.32. The summed E-state index contributed by atoms with van der Waals surface area (Å²) in [5, 5.41) is 36.8. The number of rotatable bonds is 11. The number of esters is 1. The molecule has 0 aromatic heterocycles. The number of ether oxygens (including phenoxy) is 3. The lowest BCUT2D eigenvalue weighted by Crippen LogP contribution is -2.25. The highest BCUT2D eigenvalue weighted by Gasteiger charge is 2.27. The van der Waals surface area contributed by atoms with Crippen molar-refractivity contribution in [2.24, 2.45) is 5.10 Å². The average molecular weight is 539 g/mol. The van der Waals surface area contributed by atoms with E-state index < -0.39 is 50.4 Å². The summed E-state index contributed by atoms with van der Waals surface area (Å²) in [6.07, 6.45) is 1.16. The monoisotopic (exact) mass is 539 g/mol. The molecule has 0 radical (unpaired) electrons. The quantitative estimate of drug-likeness (QED) is 0.123. The molecule has 0 aliphatic carbocycles. The summed E-state index contributed by atoms with van der Waals surface area (Å²) < 4.78 is 15.4. The minimum atomic E-state index is -0.921. The highest BCUT2D eigenvalue weighted by atomic mass is 16.6. The zero-order valence-corrected chi connectivity index (χ0v) is 19.8. The average Bonchev–Trinajstić information content (AvgIpc) is 2.92. The molecule has 3 rings (SSSR count). The van der Waals surface area contributed by atoms with Gasteiger partial charge < -0.3 is 14.2 Å². The number of para-hydroxylation sites is 1. The fourth-order valence-corrected chi connectivity index (χ4v) is 3.01. The normalized spacial score (nSPS) is 10.5. The Morgan fingerprint density at radius 1 is 0.897 bits per heavy atom. The molecule has 0 aliphatic heterocycles. The van der Waals surface area contributed by atoms with Gasteiger partial charge in [0, 0.05) is 17.7 Å². The van der Waals surface area contributed by atoms with Gasteiger partial charge in [0.25, 0.3) is 17.3 Å². The van der Waals surface area contributed by atoms with Gasteiger partial charge in [0.15, 0.2) is 12.4 Å². The summed E-state index contributed by atoms with van der Waals surface area (Å²) in [4.78, 5) is 55.3. The van der Waals surface area contributed by atoms with E-state index in [1.165, 1.54) is 24.3 Å². The van der Waals surface area contributed by atoms with E-state index in [4.69, 9.17) is 14.2 Å². The Hall–Kier alpha value is -5.93. The number of nitrogens with zero attached hydrogens (tertiary/aromatic N) is 4. The first kappa shape index (κ1) is 27.7. The van der Waals surface area contributed by atoms with Gasteiger partial charge in [-0.25, -0.2) is 10.2 Å². The van der Waals surface area contributed by atoms with Gasteiger partial charge in [-0.15, -0.1) is 0 Å². The van der Waals surface area contributed by atoms with Crippen LogP contribution in [0.4, 0.5) is 17.1 Å². The highest BCUT2D eigenvalue weighted by Crippen LogP contribution is 2.40. The fourth-order valence-electron chi connectivity index (χ4n) is 3.01. The van der Waals surface area contributed by atoms with Crippen LogP contribution in [0.5, 0.6) is 17.2 Å². The van der Waals surface area contributed by atoms with Crippen molar-refractivity contribution in [2.45, 2.75) is 0 Å². The van der Waals surface area contributed by atoms with E-state index in [0.29, 0.717) is 6.07 Å². The predicted octanol–water partition coefficient (Wildman–Crippen LogP) is 3.17. The van der Waals surface area contributed by atoms with E-state index in [0.717, 1.165) is 31.5 Å². The molecule has 0 spiro atoms. The lowest BCUT2D eigenvalue weighted by atomic mass is 10.2. The molecule has 16 heteroatoms. The van der Waals surface area contributed by atoms with Crippen molar-refractivity contribution in [1.82, 2.24) is 5.43 Å². The van der Waals surface area contributed by atoms with Gasteiger partial charge in [0.1, 0.15) is 5.75 Å². The molecule has 0 atom stereocenters. The first-order valence-electron chi connectivity index (χ1n) is 10.6. The minimum Gasteiger partial charge on any atom is -0.492 e. The van der Waals surface area contributed by atoms with E-state index >= 15 is 0 Å². The number of amides is 1. The third-order valence-electron chi connectivity index (χ3n) is 4.82. The molecule has 0 fully saturated rings. The number of nitrogens with one attached hydrogen (secondary N) is 1. The molecule has 0 bridgehead atoms. The Morgan fingerprint density at radius 2 is 1.56 bits per heavy atom. The van der Waals surface area contributed by atoms with Gasteiger partial charge in [0.05, 0.1) is 45.8 Å². The number of hydrazone groups is 1. The standard InChI is InChI=1S/C23H17N5O11/c1-37-20-11-17(27(33)34)10-18(28(35)36)22(20)38-13-21(29)25-24-12-15-4-2-3-5-19(15)39-23(30)14-6-8-16(9-7-14)26(31)32/h2-12H,13H2,1H3,(H,25,29)/b24-12+. The third-order valence-corrected chi connectivity index (χ3v) is 4.82. The number of carbonyl (C=O) groups excluding carboxylic acids is 2. The van der Waals surface area contributed by atoms with E-state index in [1.54, 1.807) is 12.1 Å². The molecule has 39 heavy (non-hydrogen) atoms. The summed E-state index contributed by atoms with van der Waals surface area (Å²) >= 11 is 0. The van der Waals surface area contributed by atoms with Crippen molar-refractivity contribution >= 4 is 35.2 Å². The molecular weight excluding hydrogens is 522 g/mol. The SMILES string of the molecule is COc1cc([N+](=O)[O-])cc([N+](=O)[O-])c1OCC(=O)N/N=C/c1ccccc1OC(=O)c1ccc([N+](=O)[O-])cc1. The highest BCUT2D eigenvalue weighted by molar-refractivity contribution is 5.93. The number of hydrogen-bond acceptors (Lipinski definition) is 12. The maximum Gasteiger partial charge on any atom is 0.343 e. The van der Waals surface area contributed by atoms with Crippen LogP contribution < -0.4 is 19.6 Å². The van der Waals surface area contributed by atoms with Crippen molar-refractivity contribution in [3.8, 4) is 17.2 Å². The Labute approximate surface area is 217 Å². The Morgan fingerprint density at radius 3 is 2.18 bits per heavy atom. The molecular formula is C23H17N5O11. The molecule has 0 saturated heterocycles. The topological polar surface area (TPSA) is 216 Å². The number of hydrogen-bond donors (Lipinski definition) is 1. The number of methoxy groups -OCH3 is 1. The van der Waals surface area contributed by atoms with E-state index in [-0.39, 0.29) is 28.3 Å². The number of nitro groups is 3. The maximum absolute atomic E-state index is 12.4. The number of benzene rings is 3. The summed E-state index contributed by atoms with van der Waals surface area (Å²) in [7, 11) is 1.12. The molecule has 3 aromatic carbocycles. The van der Waals surface area contributed by atoms with E-state index in [9.17, 15) is 39.9 Å². The number of non-ortho nitro benzene ring substituents is 2. The Kier molecular flexibility index (Phi) is 8.76. The zero-order chi connectivity index (χ0) is 28.5. The van der Waals surface area contributed by atoms with Crippen LogP contribution in [-0.4, -0.2) is 46.6 Å². The second kappa shape index (κ2) is 12.3. The second-order valence-electron chi connectivity index (χ2n) is 7.32. The smallest absolute Gasteiger partial charge is 0.343 e. The van der Waals surface area contributed by atoms with Crippen LogP contribution in [0.1, 0.15) is 15.9 Å². The maximum atomic E-state index is 12.4. The molecule has 16 nitrogen and oxygen atoms in total. The van der Waals surface area contributed by atoms with Crippen LogP contribution in [0.2, 0.25) is 0 Å². The molecule has 0 aliphatic rings. The van der Waals surface area contributed by atoms with Crippen LogP contribution in [0.25, 0.3) is 0 Å². The molecule has 1 amide bonds. The molecule has 3 aromatic rings. The first-order chi connectivity index (χ1) is 18.6. The van der Waals surface area contributed by atoms with Gasteiger partial charge in [0.2, 0.25) is 5.75 Å². The van der Waals surface area contributed by atoms with Gasteiger partial charge in [-0.3, -0.25) is 35.1 Å².